The van der Waals surface area contributed by atoms with Crippen LogP contribution in [-0.4, -0.2) is 4.98 Å². The van der Waals surface area contributed by atoms with Crippen LogP contribution in [0.25, 0.3) is 10.9 Å². The van der Waals surface area contributed by atoms with Gasteiger partial charge >= 0.3 is 0 Å². The highest BCUT2D eigenvalue weighted by atomic mass is 16.3. The Bertz CT molecular complexity index is 979. The second-order valence-corrected chi connectivity index (χ2v) is 5.67. The molecule has 3 heterocycles. The van der Waals surface area contributed by atoms with E-state index in [1.807, 2.05) is 54.6 Å². The Balaban J connectivity index is 1.83. The van der Waals surface area contributed by atoms with E-state index in [0.717, 1.165) is 28.1 Å². The lowest BCUT2D eigenvalue weighted by Gasteiger charge is -2.24. The van der Waals surface area contributed by atoms with Gasteiger partial charge in [0.25, 0.3) is 0 Å². The smallest absolute Gasteiger partial charge is 0.143 e. The molecule has 0 aliphatic heterocycles. The van der Waals surface area contributed by atoms with Crippen molar-refractivity contribution < 1.29 is 8.83 Å². The molecule has 25 heavy (non-hydrogen) atoms. The molecule has 1 aromatic carbocycles. The Hall–Kier alpha value is -3.52. The predicted octanol–water partition coefficient (Wildman–Crippen LogP) is 4.50. The number of benzene rings is 1. The fourth-order valence-corrected chi connectivity index (χ4v) is 2.88. The quantitative estimate of drug-likeness (QED) is 0.539. The summed E-state index contributed by atoms with van der Waals surface area (Å²) in [5.74, 6) is 1.68. The molecule has 0 aliphatic rings. The molecule has 0 spiro atoms. The van der Waals surface area contributed by atoms with E-state index in [0.29, 0.717) is 18.8 Å². The molecule has 0 saturated heterocycles. The van der Waals surface area contributed by atoms with E-state index in [9.17, 15) is 5.26 Å². The third kappa shape index (κ3) is 3.10. The first kappa shape index (κ1) is 15.0. The Kier molecular flexibility index (Phi) is 3.93. The summed E-state index contributed by atoms with van der Waals surface area (Å²) in [6.45, 7) is 1.12. The van der Waals surface area contributed by atoms with Crippen molar-refractivity contribution in [1.82, 2.24) is 4.98 Å². The summed E-state index contributed by atoms with van der Waals surface area (Å²) < 4.78 is 11.0. The van der Waals surface area contributed by atoms with Crippen molar-refractivity contribution in [1.29, 1.82) is 5.26 Å². The molecule has 5 nitrogen and oxygen atoms in total. The van der Waals surface area contributed by atoms with Crippen LogP contribution in [0.5, 0.6) is 0 Å². The number of fused-ring (bicyclic) bond motifs is 1. The van der Waals surface area contributed by atoms with Gasteiger partial charge in [-0.1, -0.05) is 18.2 Å². The minimum absolute atomic E-state index is 0.387. The third-order valence-corrected chi connectivity index (χ3v) is 4.00. The zero-order valence-electron chi connectivity index (χ0n) is 13.4. The fraction of sp³-hybridized carbons (Fsp3) is 0.100. The van der Waals surface area contributed by atoms with Crippen LogP contribution in [0, 0.1) is 11.3 Å². The van der Waals surface area contributed by atoms with Gasteiger partial charge in [-0.25, -0.2) is 4.98 Å². The number of para-hydroxylation sites is 1. The van der Waals surface area contributed by atoms with Gasteiger partial charge in [-0.05, 0) is 36.4 Å². The summed E-state index contributed by atoms with van der Waals surface area (Å²) in [6, 6.07) is 19.4. The van der Waals surface area contributed by atoms with Crippen molar-refractivity contribution in [2.75, 3.05) is 4.90 Å². The number of furan rings is 2. The zero-order chi connectivity index (χ0) is 17.1. The average molecular weight is 329 g/mol. The number of rotatable bonds is 5. The predicted molar refractivity (Wildman–Crippen MR) is 93.8 cm³/mol. The first-order valence-corrected chi connectivity index (χ1v) is 7.93. The Morgan fingerprint density at radius 1 is 0.920 bits per heavy atom. The lowest BCUT2D eigenvalue weighted by Crippen LogP contribution is -2.22. The highest BCUT2D eigenvalue weighted by Gasteiger charge is 2.16. The number of anilines is 1. The van der Waals surface area contributed by atoms with E-state index in [4.69, 9.17) is 8.83 Å². The van der Waals surface area contributed by atoms with E-state index in [1.54, 1.807) is 12.5 Å². The Morgan fingerprint density at radius 3 is 2.20 bits per heavy atom. The highest BCUT2D eigenvalue weighted by Crippen LogP contribution is 2.29. The fourth-order valence-electron chi connectivity index (χ4n) is 2.88. The normalized spacial score (nSPS) is 10.7. The molecule has 0 radical (unpaired) electrons. The van der Waals surface area contributed by atoms with Crippen LogP contribution in [0.15, 0.2) is 76.0 Å². The van der Waals surface area contributed by atoms with E-state index in [1.165, 1.54) is 0 Å². The van der Waals surface area contributed by atoms with E-state index in [2.05, 4.69) is 16.0 Å². The van der Waals surface area contributed by atoms with Crippen LogP contribution in [0.1, 0.15) is 17.2 Å². The van der Waals surface area contributed by atoms with Crippen LogP contribution in [0.4, 0.5) is 5.69 Å². The Labute approximate surface area is 144 Å². The number of hydrogen-bond acceptors (Lipinski definition) is 5. The molecule has 0 bridgehead atoms. The molecule has 4 aromatic rings. The lowest BCUT2D eigenvalue weighted by molar-refractivity contribution is 0.477. The molecule has 0 N–H and O–H groups in total. The molecule has 0 saturated carbocycles. The maximum Gasteiger partial charge on any atom is 0.143 e. The van der Waals surface area contributed by atoms with E-state index in [-0.39, 0.29) is 0 Å². The number of aromatic nitrogens is 1. The third-order valence-electron chi connectivity index (χ3n) is 4.00. The largest absolute Gasteiger partial charge is 0.467 e. The second-order valence-electron chi connectivity index (χ2n) is 5.67. The first-order chi connectivity index (χ1) is 12.3. The van der Waals surface area contributed by atoms with Crippen molar-refractivity contribution in [2.45, 2.75) is 13.1 Å². The summed E-state index contributed by atoms with van der Waals surface area (Å²) >= 11 is 0. The topological polar surface area (TPSA) is 66.2 Å². The van der Waals surface area contributed by atoms with Gasteiger partial charge in [0.2, 0.25) is 0 Å². The molecule has 0 amide bonds. The summed E-state index contributed by atoms with van der Waals surface area (Å²) in [5.41, 5.74) is 2.10. The van der Waals surface area contributed by atoms with Gasteiger partial charge in [0.05, 0.1) is 31.1 Å². The molecular formula is C20H15N3O2. The van der Waals surface area contributed by atoms with Gasteiger partial charge < -0.3 is 13.7 Å². The number of nitrogens with zero attached hydrogens (tertiary/aromatic N) is 3. The maximum absolute atomic E-state index is 9.35. The van der Waals surface area contributed by atoms with E-state index >= 15 is 0 Å². The Morgan fingerprint density at radius 2 is 1.60 bits per heavy atom. The minimum atomic E-state index is 0.387. The number of hydrogen-bond donors (Lipinski definition) is 0. The highest BCUT2D eigenvalue weighted by molar-refractivity contribution is 5.92. The molecule has 3 aromatic heterocycles. The van der Waals surface area contributed by atoms with Gasteiger partial charge in [-0.15, -0.1) is 0 Å². The van der Waals surface area contributed by atoms with Gasteiger partial charge in [-0.3, -0.25) is 0 Å². The number of nitriles is 1. The SMILES string of the molecule is N#Cc1cc(N(Cc2ccco2)Cc2ccco2)c2ccccc2n1. The molecule has 4 rings (SSSR count). The maximum atomic E-state index is 9.35. The zero-order valence-corrected chi connectivity index (χ0v) is 13.4. The second kappa shape index (κ2) is 6.54. The lowest BCUT2D eigenvalue weighted by atomic mass is 10.1. The van der Waals surface area contributed by atoms with Crippen molar-refractivity contribution in [2.24, 2.45) is 0 Å². The van der Waals surface area contributed by atoms with Crippen LogP contribution >= 0.6 is 0 Å². The molecule has 0 atom stereocenters. The van der Waals surface area contributed by atoms with Crippen LogP contribution < -0.4 is 4.90 Å². The monoisotopic (exact) mass is 329 g/mol. The molecule has 0 aliphatic carbocycles. The molecule has 0 unspecified atom stereocenters. The van der Waals surface area contributed by atoms with Gasteiger partial charge in [-0.2, -0.15) is 5.26 Å². The van der Waals surface area contributed by atoms with Crippen LogP contribution in [0.2, 0.25) is 0 Å². The molecular weight excluding hydrogens is 314 g/mol. The summed E-state index contributed by atoms with van der Waals surface area (Å²) in [6.07, 6.45) is 3.32. The minimum Gasteiger partial charge on any atom is -0.467 e. The summed E-state index contributed by atoms with van der Waals surface area (Å²) in [5, 5.41) is 10.3. The first-order valence-electron chi connectivity index (χ1n) is 7.93. The van der Waals surface area contributed by atoms with Crippen molar-refractivity contribution >= 4 is 16.6 Å². The standard InChI is InChI=1S/C20H15N3O2/c21-12-15-11-20(18-7-1-2-8-19(18)22-15)23(13-16-5-3-9-24-16)14-17-6-4-10-25-17/h1-11H,13-14H2. The van der Waals surface area contributed by atoms with Crippen LogP contribution in [0.3, 0.4) is 0 Å². The average Bonchev–Trinajstić information content (AvgIpc) is 3.34. The molecule has 5 heteroatoms. The number of pyridine rings is 1. The van der Waals surface area contributed by atoms with Gasteiger partial charge in [0, 0.05) is 11.1 Å². The molecule has 122 valence electrons. The summed E-state index contributed by atoms with van der Waals surface area (Å²) in [7, 11) is 0. The van der Waals surface area contributed by atoms with Crippen LogP contribution in [-0.2, 0) is 13.1 Å². The molecule has 0 fully saturated rings. The van der Waals surface area contributed by atoms with Crippen molar-refractivity contribution in [3.8, 4) is 6.07 Å². The van der Waals surface area contributed by atoms with Crippen molar-refractivity contribution in [3.05, 3.63) is 84.3 Å². The summed E-state index contributed by atoms with van der Waals surface area (Å²) in [4.78, 5) is 6.52. The van der Waals surface area contributed by atoms with Crippen molar-refractivity contribution in [3.63, 3.8) is 0 Å². The van der Waals surface area contributed by atoms with Gasteiger partial charge in [0.1, 0.15) is 23.3 Å². The van der Waals surface area contributed by atoms with Gasteiger partial charge in [0.15, 0.2) is 0 Å². The van der Waals surface area contributed by atoms with E-state index < -0.39 is 0 Å².